The summed E-state index contributed by atoms with van der Waals surface area (Å²) in [4.78, 5) is 2.50. The van der Waals surface area contributed by atoms with Crippen molar-refractivity contribution >= 4 is 0 Å². The van der Waals surface area contributed by atoms with Gasteiger partial charge in [0.05, 0.1) is 6.61 Å². The van der Waals surface area contributed by atoms with Gasteiger partial charge in [-0.25, -0.2) is 0 Å². The summed E-state index contributed by atoms with van der Waals surface area (Å²) in [6.45, 7) is 19.4. The van der Waals surface area contributed by atoms with E-state index in [1.165, 1.54) is 6.42 Å². The molecule has 0 spiro atoms. The molecule has 0 rings (SSSR count). The van der Waals surface area contributed by atoms with Crippen LogP contribution in [0.2, 0.25) is 0 Å². The van der Waals surface area contributed by atoms with Crippen LogP contribution < -0.4 is 5.32 Å². The molecule has 0 aliphatic rings. The Labute approximate surface area is 114 Å². The van der Waals surface area contributed by atoms with E-state index in [9.17, 15) is 0 Å². The Balaban J connectivity index is 4.18. The van der Waals surface area contributed by atoms with Crippen LogP contribution in [0.25, 0.3) is 0 Å². The molecule has 0 bridgehead atoms. The van der Waals surface area contributed by atoms with Crippen LogP contribution in [0.4, 0.5) is 0 Å². The lowest BCUT2D eigenvalue weighted by Gasteiger charge is -2.35. The Morgan fingerprint density at radius 3 is 2.33 bits per heavy atom. The summed E-state index contributed by atoms with van der Waals surface area (Å²) in [5.41, 5.74) is 0.354. The van der Waals surface area contributed by atoms with E-state index in [2.05, 4.69) is 51.8 Å². The SMILES string of the molecule is CCOCCN(CC)CC(C)(CC)CNC(C)C. The summed E-state index contributed by atoms with van der Waals surface area (Å²) in [6.07, 6.45) is 1.21. The third kappa shape index (κ3) is 8.06. The second-order valence-corrected chi connectivity index (χ2v) is 5.77. The Bertz CT molecular complexity index is 197. The largest absolute Gasteiger partial charge is 0.380 e. The molecule has 0 heterocycles. The number of ether oxygens (including phenoxy) is 1. The second kappa shape index (κ2) is 9.76. The highest BCUT2D eigenvalue weighted by Gasteiger charge is 2.24. The van der Waals surface area contributed by atoms with Gasteiger partial charge < -0.3 is 15.0 Å². The summed E-state index contributed by atoms with van der Waals surface area (Å²) < 4.78 is 5.45. The van der Waals surface area contributed by atoms with Gasteiger partial charge in [0.2, 0.25) is 0 Å². The number of nitrogens with zero attached hydrogens (tertiary/aromatic N) is 1. The van der Waals surface area contributed by atoms with E-state index in [4.69, 9.17) is 4.74 Å². The van der Waals surface area contributed by atoms with Gasteiger partial charge in [-0.2, -0.15) is 0 Å². The minimum Gasteiger partial charge on any atom is -0.380 e. The highest BCUT2D eigenvalue weighted by Crippen LogP contribution is 2.21. The van der Waals surface area contributed by atoms with E-state index in [-0.39, 0.29) is 0 Å². The maximum Gasteiger partial charge on any atom is 0.0593 e. The van der Waals surface area contributed by atoms with Crippen molar-refractivity contribution in [2.45, 2.75) is 54.0 Å². The molecule has 0 saturated heterocycles. The lowest BCUT2D eigenvalue weighted by atomic mass is 9.86. The fourth-order valence-electron chi connectivity index (χ4n) is 1.97. The van der Waals surface area contributed by atoms with Crippen LogP contribution in [0, 0.1) is 5.41 Å². The van der Waals surface area contributed by atoms with Crippen LogP contribution >= 0.6 is 0 Å². The second-order valence-electron chi connectivity index (χ2n) is 5.77. The van der Waals surface area contributed by atoms with E-state index >= 15 is 0 Å². The highest BCUT2D eigenvalue weighted by molar-refractivity contribution is 4.80. The summed E-state index contributed by atoms with van der Waals surface area (Å²) >= 11 is 0. The van der Waals surface area contributed by atoms with Gasteiger partial charge in [-0.1, -0.05) is 34.6 Å². The monoisotopic (exact) mass is 258 g/mol. The third-order valence-corrected chi connectivity index (χ3v) is 3.60. The van der Waals surface area contributed by atoms with Crippen molar-refractivity contribution in [3.05, 3.63) is 0 Å². The van der Waals surface area contributed by atoms with Crippen LogP contribution in [0.15, 0.2) is 0 Å². The molecule has 0 aromatic heterocycles. The van der Waals surface area contributed by atoms with Gasteiger partial charge in [-0.3, -0.25) is 0 Å². The molecule has 0 amide bonds. The van der Waals surface area contributed by atoms with Crippen LogP contribution in [-0.2, 0) is 4.74 Å². The molecule has 110 valence electrons. The molecular weight excluding hydrogens is 224 g/mol. The van der Waals surface area contributed by atoms with Gasteiger partial charge in [-0.15, -0.1) is 0 Å². The first-order chi connectivity index (χ1) is 8.47. The van der Waals surface area contributed by atoms with E-state index in [0.29, 0.717) is 11.5 Å². The number of hydrogen-bond donors (Lipinski definition) is 1. The summed E-state index contributed by atoms with van der Waals surface area (Å²) in [5, 5.41) is 3.58. The molecule has 3 nitrogen and oxygen atoms in total. The minimum absolute atomic E-state index is 0.354. The van der Waals surface area contributed by atoms with E-state index in [1.807, 2.05) is 0 Å². The molecule has 0 saturated carbocycles. The molecule has 1 atom stereocenters. The lowest BCUT2D eigenvalue weighted by Crippen LogP contribution is -2.44. The Morgan fingerprint density at radius 2 is 1.89 bits per heavy atom. The first-order valence-electron chi connectivity index (χ1n) is 7.50. The average Bonchev–Trinajstić information content (AvgIpc) is 2.35. The van der Waals surface area contributed by atoms with Crippen molar-refractivity contribution < 1.29 is 4.74 Å². The lowest BCUT2D eigenvalue weighted by molar-refractivity contribution is 0.0909. The summed E-state index contributed by atoms with van der Waals surface area (Å²) in [5.74, 6) is 0. The molecule has 0 aliphatic heterocycles. The van der Waals surface area contributed by atoms with Gasteiger partial charge in [0.25, 0.3) is 0 Å². The maximum absolute atomic E-state index is 5.45. The zero-order valence-electron chi connectivity index (χ0n) is 13.4. The van der Waals surface area contributed by atoms with Gasteiger partial charge in [0.1, 0.15) is 0 Å². The predicted molar refractivity (Wildman–Crippen MR) is 80.1 cm³/mol. The van der Waals surface area contributed by atoms with Crippen molar-refractivity contribution in [1.29, 1.82) is 0 Å². The molecule has 0 aliphatic carbocycles. The van der Waals surface area contributed by atoms with Gasteiger partial charge in [0, 0.05) is 32.3 Å². The molecule has 0 aromatic rings. The van der Waals surface area contributed by atoms with Crippen molar-refractivity contribution in [2.75, 3.05) is 39.4 Å². The standard InChI is InChI=1S/C15H34N2O/c1-7-15(6,12-16-14(4)5)13-17(8-2)10-11-18-9-3/h14,16H,7-13H2,1-6H3. The van der Waals surface area contributed by atoms with E-state index in [1.54, 1.807) is 0 Å². The molecule has 3 heteroatoms. The van der Waals surface area contributed by atoms with Crippen molar-refractivity contribution in [2.24, 2.45) is 5.41 Å². The molecule has 1 N–H and O–H groups in total. The van der Waals surface area contributed by atoms with Crippen LogP contribution in [0.5, 0.6) is 0 Å². The predicted octanol–water partition coefficient (Wildman–Crippen LogP) is 2.76. The van der Waals surface area contributed by atoms with E-state index < -0.39 is 0 Å². The Morgan fingerprint density at radius 1 is 1.22 bits per heavy atom. The molecule has 0 aromatic carbocycles. The highest BCUT2D eigenvalue weighted by atomic mass is 16.5. The van der Waals surface area contributed by atoms with Crippen LogP contribution in [0.1, 0.15) is 48.0 Å². The van der Waals surface area contributed by atoms with Gasteiger partial charge >= 0.3 is 0 Å². The maximum atomic E-state index is 5.45. The first-order valence-corrected chi connectivity index (χ1v) is 7.50. The smallest absolute Gasteiger partial charge is 0.0593 e. The number of nitrogens with one attached hydrogen (secondary N) is 1. The number of rotatable bonds is 11. The summed E-state index contributed by atoms with van der Waals surface area (Å²) in [6, 6.07) is 0.564. The molecule has 18 heavy (non-hydrogen) atoms. The van der Waals surface area contributed by atoms with Crippen LogP contribution in [-0.4, -0.2) is 50.3 Å². The van der Waals surface area contributed by atoms with Crippen molar-refractivity contribution in [1.82, 2.24) is 10.2 Å². The summed E-state index contributed by atoms with van der Waals surface area (Å²) in [7, 11) is 0. The molecule has 0 fully saturated rings. The molecular formula is C15H34N2O. The quantitative estimate of drug-likeness (QED) is 0.577. The Kier molecular flexibility index (Phi) is 9.70. The minimum atomic E-state index is 0.354. The topological polar surface area (TPSA) is 24.5 Å². The van der Waals surface area contributed by atoms with Crippen molar-refractivity contribution in [3.63, 3.8) is 0 Å². The van der Waals surface area contributed by atoms with Gasteiger partial charge in [0.15, 0.2) is 0 Å². The van der Waals surface area contributed by atoms with Crippen molar-refractivity contribution in [3.8, 4) is 0 Å². The number of hydrogen-bond acceptors (Lipinski definition) is 3. The zero-order chi connectivity index (χ0) is 14.0. The first kappa shape index (κ1) is 17.9. The third-order valence-electron chi connectivity index (χ3n) is 3.60. The molecule has 0 radical (unpaired) electrons. The fourth-order valence-corrected chi connectivity index (χ4v) is 1.97. The van der Waals surface area contributed by atoms with Gasteiger partial charge in [-0.05, 0) is 25.3 Å². The number of likely N-dealkylation sites (N-methyl/N-ethyl adjacent to an activating group) is 1. The zero-order valence-corrected chi connectivity index (χ0v) is 13.4. The van der Waals surface area contributed by atoms with E-state index in [0.717, 1.165) is 39.4 Å². The normalized spacial score (nSPS) is 15.3. The Hall–Kier alpha value is -0.120. The molecule has 1 unspecified atom stereocenters. The fraction of sp³-hybridized carbons (Fsp3) is 1.00. The van der Waals surface area contributed by atoms with Crippen LogP contribution in [0.3, 0.4) is 0 Å². The average molecular weight is 258 g/mol.